The van der Waals surface area contributed by atoms with E-state index >= 15 is 0 Å². The van der Waals surface area contributed by atoms with E-state index in [1.165, 1.54) is 12.1 Å². The standard InChI is InChI=1S/C16H15NO4/c1-11-8-9-15(14(10-11)17(19)20)21-12(2)16(18)13-6-4-3-5-7-13/h3-10,12H,1-2H3. The van der Waals surface area contributed by atoms with E-state index in [9.17, 15) is 14.9 Å². The number of hydrogen-bond donors (Lipinski definition) is 0. The molecule has 1 unspecified atom stereocenters. The molecule has 2 aromatic rings. The van der Waals surface area contributed by atoms with Gasteiger partial charge in [-0.3, -0.25) is 14.9 Å². The topological polar surface area (TPSA) is 69.4 Å². The van der Waals surface area contributed by atoms with Gasteiger partial charge in [-0.1, -0.05) is 36.4 Å². The zero-order valence-corrected chi connectivity index (χ0v) is 11.8. The number of aryl methyl sites for hydroxylation is 1. The number of nitro groups is 1. The van der Waals surface area contributed by atoms with Crippen molar-refractivity contribution >= 4 is 11.5 Å². The van der Waals surface area contributed by atoms with Crippen LogP contribution in [0.15, 0.2) is 48.5 Å². The lowest BCUT2D eigenvalue weighted by Crippen LogP contribution is -2.24. The second-order valence-corrected chi connectivity index (χ2v) is 4.72. The van der Waals surface area contributed by atoms with Crippen molar-refractivity contribution in [3.63, 3.8) is 0 Å². The van der Waals surface area contributed by atoms with Gasteiger partial charge in [0, 0.05) is 11.6 Å². The monoisotopic (exact) mass is 285 g/mol. The molecule has 21 heavy (non-hydrogen) atoms. The highest BCUT2D eigenvalue weighted by Crippen LogP contribution is 2.29. The van der Waals surface area contributed by atoms with E-state index in [0.29, 0.717) is 5.56 Å². The second kappa shape index (κ2) is 6.17. The molecule has 0 N–H and O–H groups in total. The Morgan fingerprint density at radius 1 is 1.19 bits per heavy atom. The molecule has 5 heteroatoms. The number of nitro benzene ring substituents is 1. The Morgan fingerprint density at radius 2 is 1.86 bits per heavy atom. The average Bonchev–Trinajstić information content (AvgIpc) is 2.49. The van der Waals surface area contributed by atoms with Crippen LogP contribution in [0.2, 0.25) is 0 Å². The summed E-state index contributed by atoms with van der Waals surface area (Å²) in [7, 11) is 0. The van der Waals surface area contributed by atoms with Gasteiger partial charge < -0.3 is 4.74 Å². The summed E-state index contributed by atoms with van der Waals surface area (Å²) >= 11 is 0. The summed E-state index contributed by atoms with van der Waals surface area (Å²) < 4.78 is 5.49. The first-order valence-electron chi connectivity index (χ1n) is 6.50. The molecule has 108 valence electrons. The van der Waals surface area contributed by atoms with Crippen molar-refractivity contribution in [3.05, 3.63) is 69.8 Å². The van der Waals surface area contributed by atoms with Crippen LogP contribution in [-0.4, -0.2) is 16.8 Å². The molecule has 2 rings (SSSR count). The molecule has 0 saturated carbocycles. The Balaban J connectivity index is 2.22. The normalized spacial score (nSPS) is 11.7. The molecule has 0 radical (unpaired) electrons. The van der Waals surface area contributed by atoms with E-state index in [1.54, 1.807) is 44.2 Å². The summed E-state index contributed by atoms with van der Waals surface area (Å²) in [6.07, 6.45) is -0.797. The van der Waals surface area contributed by atoms with Crippen LogP contribution in [0.1, 0.15) is 22.8 Å². The number of ether oxygens (including phenoxy) is 1. The van der Waals surface area contributed by atoms with Gasteiger partial charge in [0.1, 0.15) is 0 Å². The van der Waals surface area contributed by atoms with E-state index in [1.807, 2.05) is 6.07 Å². The molecule has 5 nitrogen and oxygen atoms in total. The fraction of sp³-hybridized carbons (Fsp3) is 0.188. The van der Waals surface area contributed by atoms with Gasteiger partial charge >= 0.3 is 5.69 Å². The number of carbonyl (C=O) groups excluding carboxylic acids is 1. The Morgan fingerprint density at radius 3 is 2.48 bits per heavy atom. The third-order valence-corrected chi connectivity index (χ3v) is 3.04. The molecule has 0 bridgehead atoms. The minimum absolute atomic E-state index is 0.0994. The summed E-state index contributed by atoms with van der Waals surface area (Å²) in [6.45, 7) is 3.34. The SMILES string of the molecule is Cc1ccc(OC(C)C(=O)c2ccccc2)c([N+](=O)[O-])c1. The van der Waals surface area contributed by atoms with Crippen LogP contribution in [0.5, 0.6) is 5.75 Å². The molecule has 0 aliphatic rings. The number of hydrogen-bond acceptors (Lipinski definition) is 4. The van der Waals surface area contributed by atoms with Gasteiger partial charge in [-0.15, -0.1) is 0 Å². The molecule has 0 amide bonds. The summed E-state index contributed by atoms with van der Waals surface area (Å²) in [5, 5.41) is 11.0. The van der Waals surface area contributed by atoms with E-state index in [-0.39, 0.29) is 17.2 Å². The van der Waals surface area contributed by atoms with E-state index < -0.39 is 11.0 Å². The predicted octanol–water partition coefficient (Wildman–Crippen LogP) is 3.55. The quantitative estimate of drug-likeness (QED) is 0.478. The van der Waals surface area contributed by atoms with E-state index in [0.717, 1.165) is 5.56 Å². The second-order valence-electron chi connectivity index (χ2n) is 4.72. The molecule has 0 aromatic heterocycles. The summed E-state index contributed by atoms with van der Waals surface area (Å²) in [5.41, 5.74) is 1.14. The Labute approximate surface area is 122 Å². The van der Waals surface area contributed by atoms with Gasteiger partial charge in [0.2, 0.25) is 5.78 Å². The molecule has 0 saturated heterocycles. The first-order valence-corrected chi connectivity index (χ1v) is 6.50. The first kappa shape index (κ1) is 14.7. The van der Waals surface area contributed by atoms with Crippen LogP contribution < -0.4 is 4.74 Å². The number of ketones is 1. The lowest BCUT2D eigenvalue weighted by atomic mass is 10.1. The highest BCUT2D eigenvalue weighted by atomic mass is 16.6. The lowest BCUT2D eigenvalue weighted by molar-refractivity contribution is -0.386. The maximum atomic E-state index is 12.2. The Kier molecular flexibility index (Phi) is 4.33. The number of carbonyl (C=O) groups is 1. The third-order valence-electron chi connectivity index (χ3n) is 3.04. The molecule has 0 spiro atoms. The molecule has 0 aliphatic carbocycles. The van der Waals surface area contributed by atoms with Crippen molar-refractivity contribution in [3.8, 4) is 5.75 Å². The van der Waals surface area contributed by atoms with Crippen molar-refractivity contribution in [1.29, 1.82) is 0 Å². The van der Waals surface area contributed by atoms with Crippen molar-refractivity contribution in [1.82, 2.24) is 0 Å². The first-order chi connectivity index (χ1) is 9.99. The zero-order valence-electron chi connectivity index (χ0n) is 11.8. The van der Waals surface area contributed by atoms with Gasteiger partial charge in [0.05, 0.1) is 4.92 Å². The summed E-state index contributed by atoms with van der Waals surface area (Å²) in [4.78, 5) is 22.7. The number of rotatable bonds is 5. The molecule has 2 aromatic carbocycles. The van der Waals surface area contributed by atoms with Gasteiger partial charge in [-0.25, -0.2) is 0 Å². The van der Waals surface area contributed by atoms with Crippen molar-refractivity contribution in [2.75, 3.05) is 0 Å². The minimum atomic E-state index is -0.797. The predicted molar refractivity (Wildman–Crippen MR) is 78.7 cm³/mol. The zero-order chi connectivity index (χ0) is 15.4. The maximum Gasteiger partial charge on any atom is 0.311 e. The van der Waals surface area contributed by atoms with Gasteiger partial charge in [-0.05, 0) is 25.5 Å². The van der Waals surface area contributed by atoms with Crippen LogP contribution in [0.25, 0.3) is 0 Å². The summed E-state index contributed by atoms with van der Waals surface area (Å²) in [6, 6.07) is 13.4. The molecule has 0 fully saturated rings. The molecule has 0 aliphatic heterocycles. The molecule has 1 atom stereocenters. The molecular formula is C16H15NO4. The van der Waals surface area contributed by atoms with Gasteiger partial charge in [0.15, 0.2) is 11.9 Å². The fourth-order valence-electron chi connectivity index (χ4n) is 1.95. The van der Waals surface area contributed by atoms with Crippen molar-refractivity contribution in [2.45, 2.75) is 20.0 Å². The van der Waals surface area contributed by atoms with E-state index in [4.69, 9.17) is 4.74 Å². The largest absolute Gasteiger partial charge is 0.475 e. The van der Waals surface area contributed by atoms with Gasteiger partial charge in [0.25, 0.3) is 0 Å². The van der Waals surface area contributed by atoms with Crippen molar-refractivity contribution < 1.29 is 14.5 Å². The lowest BCUT2D eigenvalue weighted by Gasteiger charge is -2.14. The van der Waals surface area contributed by atoms with Crippen LogP contribution >= 0.6 is 0 Å². The van der Waals surface area contributed by atoms with Gasteiger partial charge in [-0.2, -0.15) is 0 Å². The number of Topliss-reactive ketones (excluding diaryl/α,β-unsaturated/α-hetero) is 1. The van der Waals surface area contributed by atoms with Crippen LogP contribution in [0.4, 0.5) is 5.69 Å². The van der Waals surface area contributed by atoms with Crippen LogP contribution in [0.3, 0.4) is 0 Å². The fourth-order valence-corrected chi connectivity index (χ4v) is 1.95. The third kappa shape index (κ3) is 3.45. The Bertz CT molecular complexity index is 667. The summed E-state index contributed by atoms with van der Waals surface area (Å²) in [5.74, 6) is -0.118. The smallest absolute Gasteiger partial charge is 0.311 e. The number of benzene rings is 2. The Hall–Kier alpha value is -2.69. The maximum absolute atomic E-state index is 12.2. The highest BCUT2D eigenvalue weighted by Gasteiger charge is 2.22. The van der Waals surface area contributed by atoms with Crippen molar-refractivity contribution in [2.24, 2.45) is 0 Å². The van der Waals surface area contributed by atoms with Crippen LogP contribution in [-0.2, 0) is 0 Å². The van der Waals surface area contributed by atoms with E-state index in [2.05, 4.69) is 0 Å². The average molecular weight is 285 g/mol. The minimum Gasteiger partial charge on any atom is -0.475 e. The molecule has 0 heterocycles. The highest BCUT2D eigenvalue weighted by molar-refractivity contribution is 5.99. The number of nitrogens with zero attached hydrogens (tertiary/aromatic N) is 1. The van der Waals surface area contributed by atoms with Crippen LogP contribution in [0, 0.1) is 17.0 Å². The molecular weight excluding hydrogens is 270 g/mol.